The molecule has 1 aromatic heterocycles. The molecule has 2 N–H and O–H groups in total. The summed E-state index contributed by atoms with van der Waals surface area (Å²) < 4.78 is 15.1. The van der Waals surface area contributed by atoms with Gasteiger partial charge in [-0.25, -0.2) is 9.07 Å². The number of hydrogen-bond acceptors (Lipinski definition) is 3. The molecule has 0 bridgehead atoms. The Bertz CT molecular complexity index is 512. The van der Waals surface area contributed by atoms with Crippen molar-refractivity contribution in [1.82, 2.24) is 15.0 Å². The van der Waals surface area contributed by atoms with Gasteiger partial charge in [-0.3, -0.25) is 0 Å². The zero-order valence-corrected chi connectivity index (χ0v) is 10.7. The molecule has 1 aromatic carbocycles. The highest BCUT2D eigenvalue weighted by Gasteiger charge is 2.05. The van der Waals surface area contributed by atoms with E-state index in [9.17, 15) is 4.39 Å². The maximum atomic E-state index is 13.1. The van der Waals surface area contributed by atoms with Crippen LogP contribution in [0.5, 0.6) is 0 Å². The highest BCUT2D eigenvalue weighted by molar-refractivity contribution is 9.10. The standard InChI is InChI=1S/C11H12BrFN4/c12-10-6-9(3-4-11(10)13)17-7-8(15-16-17)2-1-5-14/h3-4,6-7H,1-2,5,14H2. The molecule has 0 amide bonds. The molecule has 0 spiro atoms. The van der Waals surface area contributed by atoms with E-state index in [2.05, 4.69) is 26.2 Å². The predicted molar refractivity (Wildman–Crippen MR) is 66.4 cm³/mol. The highest BCUT2D eigenvalue weighted by Crippen LogP contribution is 2.19. The Hall–Kier alpha value is -1.27. The minimum absolute atomic E-state index is 0.294. The Kier molecular flexibility index (Phi) is 3.86. The fourth-order valence-corrected chi connectivity index (χ4v) is 1.82. The third-order valence-corrected chi connectivity index (χ3v) is 2.95. The summed E-state index contributed by atoms with van der Waals surface area (Å²) in [6.07, 6.45) is 3.51. The molecule has 0 saturated carbocycles. The summed E-state index contributed by atoms with van der Waals surface area (Å²) >= 11 is 3.14. The smallest absolute Gasteiger partial charge is 0.137 e. The molecule has 1 heterocycles. The Morgan fingerprint density at radius 1 is 1.41 bits per heavy atom. The van der Waals surface area contributed by atoms with Gasteiger partial charge in [0.05, 0.1) is 22.1 Å². The molecule has 0 unspecified atom stereocenters. The van der Waals surface area contributed by atoms with Gasteiger partial charge in [0, 0.05) is 0 Å². The summed E-state index contributed by atoms with van der Waals surface area (Å²) in [4.78, 5) is 0. The second-order valence-corrected chi connectivity index (χ2v) is 4.50. The molecule has 2 rings (SSSR count). The minimum Gasteiger partial charge on any atom is -0.330 e. The number of nitrogens with zero attached hydrogens (tertiary/aromatic N) is 3. The van der Waals surface area contributed by atoms with Crippen molar-refractivity contribution >= 4 is 15.9 Å². The number of rotatable bonds is 4. The van der Waals surface area contributed by atoms with Crippen LogP contribution in [0, 0.1) is 5.82 Å². The molecular formula is C11H12BrFN4. The molecule has 4 nitrogen and oxygen atoms in total. The van der Waals surface area contributed by atoms with Crippen LogP contribution >= 0.6 is 15.9 Å². The van der Waals surface area contributed by atoms with Gasteiger partial charge >= 0.3 is 0 Å². The fraction of sp³-hybridized carbons (Fsp3) is 0.273. The Morgan fingerprint density at radius 2 is 2.24 bits per heavy atom. The second-order valence-electron chi connectivity index (χ2n) is 3.65. The molecule has 2 aromatic rings. The Balaban J connectivity index is 2.21. The van der Waals surface area contributed by atoms with Gasteiger partial charge < -0.3 is 5.73 Å². The molecule has 90 valence electrons. The van der Waals surface area contributed by atoms with Crippen LogP contribution < -0.4 is 5.73 Å². The zero-order chi connectivity index (χ0) is 12.3. The first kappa shape index (κ1) is 12.2. The van der Waals surface area contributed by atoms with Crippen LogP contribution in [0.2, 0.25) is 0 Å². The number of aromatic nitrogens is 3. The van der Waals surface area contributed by atoms with Crippen LogP contribution in [-0.2, 0) is 6.42 Å². The topological polar surface area (TPSA) is 56.7 Å². The number of benzene rings is 1. The van der Waals surface area contributed by atoms with Crippen LogP contribution in [0.25, 0.3) is 5.69 Å². The molecule has 0 aliphatic carbocycles. The Morgan fingerprint density at radius 3 is 2.94 bits per heavy atom. The number of aryl methyl sites for hydroxylation is 1. The van der Waals surface area contributed by atoms with E-state index in [1.54, 1.807) is 16.8 Å². The van der Waals surface area contributed by atoms with Gasteiger partial charge in [0.1, 0.15) is 5.82 Å². The van der Waals surface area contributed by atoms with Gasteiger partial charge in [-0.2, -0.15) is 0 Å². The third kappa shape index (κ3) is 2.89. The van der Waals surface area contributed by atoms with Crippen LogP contribution in [0.1, 0.15) is 12.1 Å². The van der Waals surface area contributed by atoms with Crippen LogP contribution in [0.15, 0.2) is 28.9 Å². The van der Waals surface area contributed by atoms with Crippen LogP contribution in [0.4, 0.5) is 4.39 Å². The third-order valence-electron chi connectivity index (χ3n) is 2.35. The van der Waals surface area contributed by atoms with Crippen molar-refractivity contribution in [3.8, 4) is 5.69 Å². The first-order valence-electron chi connectivity index (χ1n) is 5.27. The highest BCUT2D eigenvalue weighted by atomic mass is 79.9. The van der Waals surface area contributed by atoms with Gasteiger partial charge in [0.25, 0.3) is 0 Å². The molecule has 0 radical (unpaired) electrons. The average Bonchev–Trinajstić information content (AvgIpc) is 2.79. The lowest BCUT2D eigenvalue weighted by atomic mass is 10.2. The zero-order valence-electron chi connectivity index (χ0n) is 9.11. The van der Waals surface area contributed by atoms with E-state index < -0.39 is 0 Å². The van der Waals surface area contributed by atoms with Gasteiger partial charge in [-0.05, 0) is 53.5 Å². The van der Waals surface area contributed by atoms with Crippen molar-refractivity contribution in [1.29, 1.82) is 0 Å². The van der Waals surface area contributed by atoms with Crippen LogP contribution in [0.3, 0.4) is 0 Å². The number of hydrogen-bond donors (Lipinski definition) is 1. The molecule has 0 fully saturated rings. The van der Waals surface area contributed by atoms with E-state index in [1.165, 1.54) is 6.07 Å². The molecule has 0 saturated heterocycles. The van der Waals surface area contributed by atoms with Crippen molar-refractivity contribution in [2.24, 2.45) is 5.73 Å². The van der Waals surface area contributed by atoms with Crippen molar-refractivity contribution in [2.45, 2.75) is 12.8 Å². The predicted octanol–water partition coefficient (Wildman–Crippen LogP) is 2.06. The van der Waals surface area contributed by atoms with E-state index in [0.29, 0.717) is 11.0 Å². The molecule has 17 heavy (non-hydrogen) atoms. The van der Waals surface area contributed by atoms with E-state index in [-0.39, 0.29) is 5.82 Å². The van der Waals surface area contributed by atoms with Gasteiger partial charge in [0.15, 0.2) is 0 Å². The summed E-state index contributed by atoms with van der Waals surface area (Å²) in [5.41, 5.74) is 7.08. The van der Waals surface area contributed by atoms with E-state index in [1.807, 2.05) is 6.20 Å². The van der Waals surface area contributed by atoms with Crippen LogP contribution in [-0.4, -0.2) is 21.5 Å². The van der Waals surface area contributed by atoms with Gasteiger partial charge in [-0.1, -0.05) is 5.21 Å². The fourth-order valence-electron chi connectivity index (χ4n) is 1.45. The van der Waals surface area contributed by atoms with Gasteiger partial charge in [-0.15, -0.1) is 5.10 Å². The molecule has 0 aliphatic rings. The lowest BCUT2D eigenvalue weighted by Crippen LogP contribution is -2.00. The Labute approximate surface area is 107 Å². The van der Waals surface area contributed by atoms with E-state index in [4.69, 9.17) is 5.73 Å². The lowest BCUT2D eigenvalue weighted by molar-refractivity contribution is 0.620. The number of halogens is 2. The summed E-state index contributed by atoms with van der Waals surface area (Å²) in [7, 11) is 0. The van der Waals surface area contributed by atoms with Crippen molar-refractivity contribution < 1.29 is 4.39 Å². The molecular weight excluding hydrogens is 287 g/mol. The van der Waals surface area contributed by atoms with Crippen molar-refractivity contribution in [3.05, 3.63) is 40.4 Å². The molecule has 0 aliphatic heterocycles. The van der Waals surface area contributed by atoms with Gasteiger partial charge in [0.2, 0.25) is 0 Å². The van der Waals surface area contributed by atoms with Crippen molar-refractivity contribution in [2.75, 3.05) is 6.54 Å². The summed E-state index contributed by atoms with van der Waals surface area (Å²) in [5.74, 6) is -0.294. The van der Waals surface area contributed by atoms with Crippen molar-refractivity contribution in [3.63, 3.8) is 0 Å². The minimum atomic E-state index is -0.294. The maximum Gasteiger partial charge on any atom is 0.137 e. The first-order chi connectivity index (χ1) is 8.20. The second kappa shape index (κ2) is 5.37. The average molecular weight is 299 g/mol. The summed E-state index contributed by atoms with van der Waals surface area (Å²) in [6.45, 7) is 0.634. The normalized spacial score (nSPS) is 10.8. The number of nitrogens with two attached hydrogens (primary N) is 1. The maximum absolute atomic E-state index is 13.1. The lowest BCUT2D eigenvalue weighted by Gasteiger charge is -2.01. The monoisotopic (exact) mass is 298 g/mol. The SMILES string of the molecule is NCCCc1cn(-c2ccc(F)c(Br)c2)nn1. The molecule has 0 atom stereocenters. The van der Waals surface area contributed by atoms with E-state index >= 15 is 0 Å². The molecule has 6 heteroatoms. The largest absolute Gasteiger partial charge is 0.330 e. The summed E-state index contributed by atoms with van der Waals surface area (Å²) in [5, 5.41) is 8.02. The van der Waals surface area contributed by atoms with E-state index in [0.717, 1.165) is 24.2 Å². The quantitative estimate of drug-likeness (QED) is 0.940. The summed E-state index contributed by atoms with van der Waals surface area (Å²) in [6, 6.07) is 4.71. The first-order valence-corrected chi connectivity index (χ1v) is 6.06.